The van der Waals surface area contributed by atoms with E-state index in [1.165, 1.54) is 22.5 Å². The molecule has 0 saturated carbocycles. The normalized spacial score (nSPS) is 15.4. The van der Waals surface area contributed by atoms with Crippen molar-refractivity contribution in [3.63, 3.8) is 0 Å². The Bertz CT molecular complexity index is 884. The molecule has 0 spiro atoms. The van der Waals surface area contributed by atoms with E-state index < -0.39 is 0 Å². The van der Waals surface area contributed by atoms with E-state index in [0.29, 0.717) is 0 Å². The highest BCUT2D eigenvalue weighted by Gasteiger charge is 2.18. The van der Waals surface area contributed by atoms with Crippen LogP contribution in [0.2, 0.25) is 5.02 Å². The van der Waals surface area contributed by atoms with Crippen LogP contribution < -0.4 is 4.90 Å². The summed E-state index contributed by atoms with van der Waals surface area (Å²) in [5.41, 5.74) is 4.91. The minimum atomic E-state index is 0.802. The molecule has 0 aliphatic carbocycles. The fourth-order valence-electron chi connectivity index (χ4n) is 3.38. The van der Waals surface area contributed by atoms with Gasteiger partial charge < -0.3 is 4.90 Å². The lowest BCUT2D eigenvalue weighted by Crippen LogP contribution is -2.46. The van der Waals surface area contributed by atoms with Crippen LogP contribution in [0.15, 0.2) is 53.9 Å². The second kappa shape index (κ2) is 7.78. The maximum atomic E-state index is 6.12. The maximum Gasteiger partial charge on any atom is 0.123 e. The van der Waals surface area contributed by atoms with E-state index in [1.807, 2.05) is 18.2 Å². The first-order valence-corrected chi connectivity index (χ1v) is 10.2. The van der Waals surface area contributed by atoms with Crippen LogP contribution in [0, 0.1) is 6.92 Å². The first-order chi connectivity index (χ1) is 12.7. The molecule has 1 saturated heterocycles. The minimum Gasteiger partial charge on any atom is -0.369 e. The van der Waals surface area contributed by atoms with Gasteiger partial charge in [-0.15, -0.1) is 11.3 Å². The number of hydrogen-bond donors (Lipinski definition) is 0. The molecule has 4 rings (SSSR count). The van der Waals surface area contributed by atoms with Crippen LogP contribution in [0.4, 0.5) is 5.69 Å². The second-order valence-electron chi connectivity index (χ2n) is 6.70. The number of rotatable bonds is 4. The van der Waals surface area contributed by atoms with Gasteiger partial charge in [-0.1, -0.05) is 41.9 Å². The van der Waals surface area contributed by atoms with Crippen molar-refractivity contribution in [2.45, 2.75) is 13.5 Å². The molecule has 26 heavy (non-hydrogen) atoms. The lowest BCUT2D eigenvalue weighted by molar-refractivity contribution is 0.247. The van der Waals surface area contributed by atoms with Crippen LogP contribution >= 0.6 is 22.9 Å². The number of aryl methyl sites for hydroxylation is 1. The van der Waals surface area contributed by atoms with E-state index in [2.05, 4.69) is 52.4 Å². The highest BCUT2D eigenvalue weighted by Crippen LogP contribution is 2.27. The standard InChI is InChI=1S/C21H22ClN3S/c1-16-5-2-3-8-20(16)21-23-18(15-26-21)14-24-9-11-25(12-10-24)19-7-4-6-17(22)13-19/h2-8,13,15H,9-12,14H2,1H3. The van der Waals surface area contributed by atoms with Gasteiger partial charge in [-0.3, -0.25) is 4.90 Å². The maximum absolute atomic E-state index is 6.12. The van der Waals surface area contributed by atoms with Crippen LogP contribution in [0.5, 0.6) is 0 Å². The Kier molecular flexibility index (Phi) is 5.25. The fourth-order valence-corrected chi connectivity index (χ4v) is 4.47. The van der Waals surface area contributed by atoms with E-state index in [9.17, 15) is 0 Å². The quantitative estimate of drug-likeness (QED) is 0.625. The molecule has 0 bridgehead atoms. The SMILES string of the molecule is Cc1ccccc1-c1nc(CN2CCN(c3cccc(Cl)c3)CC2)cs1. The highest BCUT2D eigenvalue weighted by molar-refractivity contribution is 7.13. The monoisotopic (exact) mass is 383 g/mol. The van der Waals surface area contributed by atoms with Crippen molar-refractivity contribution in [3.05, 3.63) is 70.2 Å². The number of benzene rings is 2. The Morgan fingerprint density at radius 2 is 1.85 bits per heavy atom. The minimum absolute atomic E-state index is 0.802. The number of thiazole rings is 1. The van der Waals surface area contributed by atoms with E-state index in [-0.39, 0.29) is 0 Å². The predicted molar refractivity (Wildman–Crippen MR) is 111 cm³/mol. The summed E-state index contributed by atoms with van der Waals surface area (Å²) >= 11 is 7.86. The highest BCUT2D eigenvalue weighted by atomic mass is 35.5. The summed E-state index contributed by atoms with van der Waals surface area (Å²) in [6, 6.07) is 16.6. The largest absolute Gasteiger partial charge is 0.369 e. The molecule has 0 atom stereocenters. The number of piperazine rings is 1. The van der Waals surface area contributed by atoms with E-state index in [4.69, 9.17) is 16.6 Å². The summed E-state index contributed by atoms with van der Waals surface area (Å²) in [5.74, 6) is 0. The summed E-state index contributed by atoms with van der Waals surface area (Å²) in [6.07, 6.45) is 0. The molecule has 0 N–H and O–H groups in total. The number of anilines is 1. The molecular weight excluding hydrogens is 362 g/mol. The van der Waals surface area contributed by atoms with Gasteiger partial charge in [0.25, 0.3) is 0 Å². The number of nitrogens with zero attached hydrogens (tertiary/aromatic N) is 3. The number of aromatic nitrogens is 1. The average molecular weight is 384 g/mol. The summed E-state index contributed by atoms with van der Waals surface area (Å²) in [5, 5.41) is 4.12. The van der Waals surface area contributed by atoms with Crippen LogP contribution in [-0.4, -0.2) is 36.1 Å². The van der Waals surface area contributed by atoms with Gasteiger partial charge in [0.15, 0.2) is 0 Å². The van der Waals surface area contributed by atoms with Crippen LogP contribution in [0.25, 0.3) is 10.6 Å². The molecule has 3 nitrogen and oxygen atoms in total. The fraction of sp³-hybridized carbons (Fsp3) is 0.286. The van der Waals surface area contributed by atoms with Gasteiger partial charge in [-0.05, 0) is 30.7 Å². The van der Waals surface area contributed by atoms with Crippen LogP contribution in [0.3, 0.4) is 0 Å². The zero-order chi connectivity index (χ0) is 17.9. The van der Waals surface area contributed by atoms with Gasteiger partial charge >= 0.3 is 0 Å². The summed E-state index contributed by atoms with van der Waals surface area (Å²) in [7, 11) is 0. The molecule has 1 aliphatic rings. The molecule has 5 heteroatoms. The van der Waals surface area contributed by atoms with Crippen molar-refractivity contribution in [1.29, 1.82) is 0 Å². The zero-order valence-electron chi connectivity index (χ0n) is 14.9. The summed E-state index contributed by atoms with van der Waals surface area (Å²) < 4.78 is 0. The van der Waals surface area contributed by atoms with E-state index >= 15 is 0 Å². The molecule has 1 aliphatic heterocycles. The first kappa shape index (κ1) is 17.5. The smallest absolute Gasteiger partial charge is 0.123 e. The van der Waals surface area contributed by atoms with E-state index in [1.54, 1.807) is 11.3 Å². The topological polar surface area (TPSA) is 19.4 Å². The molecule has 1 fully saturated rings. The van der Waals surface area contributed by atoms with Gasteiger partial charge in [0.2, 0.25) is 0 Å². The van der Waals surface area contributed by atoms with Crippen molar-refractivity contribution in [2.24, 2.45) is 0 Å². The molecular formula is C21H22ClN3S. The van der Waals surface area contributed by atoms with Gasteiger partial charge in [-0.2, -0.15) is 0 Å². The van der Waals surface area contributed by atoms with Crippen molar-refractivity contribution < 1.29 is 0 Å². The number of hydrogen-bond acceptors (Lipinski definition) is 4. The van der Waals surface area contributed by atoms with Crippen molar-refractivity contribution in [3.8, 4) is 10.6 Å². The molecule has 2 heterocycles. The second-order valence-corrected chi connectivity index (χ2v) is 8.00. The predicted octanol–water partition coefficient (Wildman–Crippen LogP) is 5.09. The molecule has 0 radical (unpaired) electrons. The zero-order valence-corrected chi connectivity index (χ0v) is 16.4. The van der Waals surface area contributed by atoms with Crippen LogP contribution in [0.1, 0.15) is 11.3 Å². The third-order valence-corrected chi connectivity index (χ3v) is 6.02. The molecule has 0 unspecified atom stereocenters. The lowest BCUT2D eigenvalue weighted by Gasteiger charge is -2.35. The Labute approximate surface area is 163 Å². The van der Waals surface area contributed by atoms with Crippen molar-refractivity contribution in [2.75, 3.05) is 31.1 Å². The Balaban J connectivity index is 1.37. The first-order valence-electron chi connectivity index (χ1n) is 8.92. The number of halogens is 1. The van der Waals surface area contributed by atoms with Gasteiger partial charge in [-0.25, -0.2) is 4.98 Å². The third-order valence-electron chi connectivity index (χ3n) is 4.86. The summed E-state index contributed by atoms with van der Waals surface area (Å²) in [4.78, 5) is 9.76. The van der Waals surface area contributed by atoms with Gasteiger partial charge in [0.1, 0.15) is 5.01 Å². The van der Waals surface area contributed by atoms with Crippen molar-refractivity contribution in [1.82, 2.24) is 9.88 Å². The van der Waals surface area contributed by atoms with Gasteiger partial charge in [0, 0.05) is 54.4 Å². The Hall–Kier alpha value is -1.88. The summed E-state index contributed by atoms with van der Waals surface area (Å²) in [6.45, 7) is 7.20. The third kappa shape index (κ3) is 3.93. The van der Waals surface area contributed by atoms with E-state index in [0.717, 1.165) is 42.8 Å². The molecule has 3 aromatic rings. The Morgan fingerprint density at radius 1 is 1.04 bits per heavy atom. The van der Waals surface area contributed by atoms with Gasteiger partial charge in [0.05, 0.1) is 5.69 Å². The molecule has 0 amide bonds. The molecule has 2 aromatic carbocycles. The van der Waals surface area contributed by atoms with Crippen LogP contribution in [-0.2, 0) is 6.54 Å². The molecule has 1 aromatic heterocycles. The lowest BCUT2D eigenvalue weighted by atomic mass is 10.1. The Morgan fingerprint density at radius 3 is 2.62 bits per heavy atom. The average Bonchev–Trinajstić information content (AvgIpc) is 3.11. The molecule has 134 valence electrons. The van der Waals surface area contributed by atoms with Crippen molar-refractivity contribution >= 4 is 28.6 Å².